The lowest BCUT2D eigenvalue weighted by Crippen LogP contribution is -2.41. The molecule has 2 aliphatic heterocycles. The molecule has 1 fully saturated rings. The Morgan fingerprint density at radius 1 is 0.939 bits per heavy atom. The molecule has 2 aliphatic rings. The SMILES string of the molecule is O=C1Nc2ccc(-c3ccccc3)cc2C(=O)N2C[C@@H](NS(=O)(=O)c3ccc(F)cc3)C[C@@H]12. The van der Waals surface area contributed by atoms with Crippen LogP contribution in [0.5, 0.6) is 0 Å². The lowest BCUT2D eigenvalue weighted by molar-refractivity contribution is -0.119. The van der Waals surface area contributed by atoms with E-state index >= 15 is 0 Å². The summed E-state index contributed by atoms with van der Waals surface area (Å²) >= 11 is 0. The standard InChI is InChI=1S/C24H20FN3O4S/c25-17-7-9-19(10-8-17)33(31,32)27-18-13-22-23(29)26-21-11-6-16(15-4-2-1-3-5-15)12-20(21)24(30)28(22)14-18/h1-12,18,22,27H,13-14H2,(H,26,29)/t18-,22-/m0/s1. The smallest absolute Gasteiger partial charge is 0.256 e. The summed E-state index contributed by atoms with van der Waals surface area (Å²) in [6.07, 6.45) is 0.136. The highest BCUT2D eigenvalue weighted by Crippen LogP contribution is 2.32. The zero-order chi connectivity index (χ0) is 23.2. The molecule has 3 aromatic rings. The van der Waals surface area contributed by atoms with Crippen LogP contribution in [0, 0.1) is 5.82 Å². The third-order valence-corrected chi connectivity index (χ3v) is 7.46. The van der Waals surface area contributed by atoms with E-state index in [1.54, 1.807) is 12.1 Å². The number of sulfonamides is 1. The van der Waals surface area contributed by atoms with Gasteiger partial charge >= 0.3 is 0 Å². The maximum atomic E-state index is 13.4. The Kier molecular flexibility index (Phi) is 5.22. The van der Waals surface area contributed by atoms with Gasteiger partial charge in [0.25, 0.3) is 5.91 Å². The number of amides is 2. The van der Waals surface area contributed by atoms with Crippen molar-refractivity contribution in [2.45, 2.75) is 23.4 Å². The van der Waals surface area contributed by atoms with E-state index in [9.17, 15) is 22.4 Å². The normalized spacial score (nSPS) is 20.1. The highest BCUT2D eigenvalue weighted by atomic mass is 32.2. The van der Waals surface area contributed by atoms with Crippen molar-refractivity contribution in [3.63, 3.8) is 0 Å². The molecule has 33 heavy (non-hydrogen) atoms. The Labute approximate surface area is 190 Å². The molecule has 168 valence electrons. The average molecular weight is 466 g/mol. The average Bonchev–Trinajstić information content (AvgIpc) is 3.19. The molecule has 0 aromatic heterocycles. The monoisotopic (exact) mass is 465 g/mol. The Balaban J connectivity index is 1.41. The molecular formula is C24H20FN3O4S. The van der Waals surface area contributed by atoms with E-state index < -0.39 is 27.9 Å². The number of hydrogen-bond acceptors (Lipinski definition) is 4. The Morgan fingerprint density at radius 3 is 2.39 bits per heavy atom. The minimum Gasteiger partial charge on any atom is -0.325 e. The molecular weight excluding hydrogens is 445 g/mol. The lowest BCUT2D eigenvalue weighted by Gasteiger charge is -2.20. The summed E-state index contributed by atoms with van der Waals surface area (Å²) in [5.74, 6) is -1.24. The highest BCUT2D eigenvalue weighted by Gasteiger charge is 2.44. The van der Waals surface area contributed by atoms with Crippen molar-refractivity contribution in [3.8, 4) is 11.1 Å². The summed E-state index contributed by atoms with van der Waals surface area (Å²) in [4.78, 5) is 27.6. The first-order valence-electron chi connectivity index (χ1n) is 10.4. The van der Waals surface area contributed by atoms with Gasteiger partial charge in [0.05, 0.1) is 16.1 Å². The number of carbonyl (C=O) groups excluding carboxylic acids is 2. The van der Waals surface area contributed by atoms with Gasteiger partial charge in [-0.15, -0.1) is 0 Å². The van der Waals surface area contributed by atoms with E-state index in [4.69, 9.17) is 0 Å². The highest BCUT2D eigenvalue weighted by molar-refractivity contribution is 7.89. The summed E-state index contributed by atoms with van der Waals surface area (Å²) in [7, 11) is -3.94. The van der Waals surface area contributed by atoms with Crippen LogP contribution in [0.2, 0.25) is 0 Å². The summed E-state index contributed by atoms with van der Waals surface area (Å²) < 4.78 is 41.1. The number of fused-ring (bicyclic) bond motifs is 2. The van der Waals surface area contributed by atoms with Crippen LogP contribution in [0.15, 0.2) is 77.7 Å². The predicted octanol–water partition coefficient (Wildman–Crippen LogP) is 3.01. The van der Waals surface area contributed by atoms with Gasteiger partial charge in [-0.3, -0.25) is 9.59 Å². The van der Waals surface area contributed by atoms with Crippen molar-refractivity contribution in [3.05, 3.63) is 84.2 Å². The molecule has 0 radical (unpaired) electrons. The molecule has 2 amide bonds. The third kappa shape index (κ3) is 4.01. The maximum absolute atomic E-state index is 13.4. The van der Waals surface area contributed by atoms with Crippen LogP contribution in [0.3, 0.4) is 0 Å². The maximum Gasteiger partial charge on any atom is 0.256 e. The number of hydrogen-bond donors (Lipinski definition) is 2. The number of benzene rings is 3. The molecule has 2 N–H and O–H groups in total. The minimum atomic E-state index is -3.94. The number of nitrogens with zero attached hydrogens (tertiary/aromatic N) is 1. The molecule has 2 atom stereocenters. The zero-order valence-electron chi connectivity index (χ0n) is 17.4. The third-order valence-electron chi connectivity index (χ3n) is 5.93. The molecule has 2 heterocycles. The summed E-state index contributed by atoms with van der Waals surface area (Å²) in [5, 5.41) is 2.80. The number of halogens is 1. The van der Waals surface area contributed by atoms with Crippen LogP contribution in [0.1, 0.15) is 16.8 Å². The van der Waals surface area contributed by atoms with Gasteiger partial charge in [-0.25, -0.2) is 17.5 Å². The molecule has 0 aliphatic carbocycles. The fourth-order valence-corrected chi connectivity index (χ4v) is 5.55. The van der Waals surface area contributed by atoms with Crippen LogP contribution in [0.25, 0.3) is 11.1 Å². The van der Waals surface area contributed by atoms with Crippen molar-refractivity contribution in [2.24, 2.45) is 0 Å². The summed E-state index contributed by atoms with van der Waals surface area (Å²) in [6, 6.07) is 17.9. The Bertz CT molecular complexity index is 1340. The molecule has 7 nitrogen and oxygen atoms in total. The van der Waals surface area contributed by atoms with Gasteiger partial charge in [-0.1, -0.05) is 36.4 Å². The quantitative estimate of drug-likeness (QED) is 0.619. The van der Waals surface area contributed by atoms with Gasteiger partial charge < -0.3 is 10.2 Å². The van der Waals surface area contributed by atoms with Gasteiger partial charge in [0.15, 0.2) is 0 Å². The number of carbonyl (C=O) groups is 2. The van der Waals surface area contributed by atoms with Crippen LogP contribution in [-0.2, 0) is 14.8 Å². The second-order valence-corrected chi connectivity index (χ2v) is 9.81. The fourth-order valence-electron chi connectivity index (χ4n) is 4.31. The lowest BCUT2D eigenvalue weighted by atomic mass is 10.0. The Morgan fingerprint density at radius 2 is 1.67 bits per heavy atom. The first-order chi connectivity index (χ1) is 15.8. The van der Waals surface area contributed by atoms with E-state index in [1.807, 2.05) is 36.4 Å². The number of anilines is 1. The predicted molar refractivity (Wildman–Crippen MR) is 120 cm³/mol. The van der Waals surface area contributed by atoms with Gasteiger partial charge in [0.2, 0.25) is 15.9 Å². The van der Waals surface area contributed by atoms with Gasteiger partial charge in [0, 0.05) is 12.6 Å². The molecule has 0 saturated carbocycles. The zero-order valence-corrected chi connectivity index (χ0v) is 18.2. The van der Waals surface area contributed by atoms with Crippen LogP contribution < -0.4 is 10.0 Å². The van der Waals surface area contributed by atoms with Crippen molar-refractivity contribution in [2.75, 3.05) is 11.9 Å². The van der Waals surface area contributed by atoms with Crippen LogP contribution in [0.4, 0.5) is 10.1 Å². The van der Waals surface area contributed by atoms with Crippen molar-refractivity contribution >= 4 is 27.5 Å². The molecule has 5 rings (SSSR count). The fraction of sp³-hybridized carbons (Fsp3) is 0.167. The number of rotatable bonds is 4. The number of nitrogens with one attached hydrogen (secondary N) is 2. The van der Waals surface area contributed by atoms with Crippen LogP contribution >= 0.6 is 0 Å². The van der Waals surface area contributed by atoms with E-state index in [0.29, 0.717) is 11.3 Å². The first kappa shape index (κ1) is 21.3. The van der Waals surface area contributed by atoms with E-state index in [0.717, 1.165) is 23.3 Å². The van der Waals surface area contributed by atoms with Crippen molar-refractivity contribution < 1.29 is 22.4 Å². The molecule has 9 heteroatoms. The summed E-state index contributed by atoms with van der Waals surface area (Å²) in [6.45, 7) is 0.0480. The molecule has 1 saturated heterocycles. The molecule has 0 spiro atoms. The van der Waals surface area contributed by atoms with Gasteiger partial charge in [-0.05, 0) is 53.9 Å². The van der Waals surface area contributed by atoms with E-state index in [1.165, 1.54) is 17.0 Å². The van der Waals surface area contributed by atoms with Crippen LogP contribution in [-0.4, -0.2) is 43.8 Å². The van der Waals surface area contributed by atoms with E-state index in [-0.39, 0.29) is 29.7 Å². The molecule has 0 unspecified atom stereocenters. The van der Waals surface area contributed by atoms with Gasteiger partial charge in [-0.2, -0.15) is 0 Å². The summed E-state index contributed by atoms with van der Waals surface area (Å²) in [5.41, 5.74) is 2.56. The molecule has 0 bridgehead atoms. The second kappa shape index (κ2) is 8.09. The minimum absolute atomic E-state index is 0.0480. The Hall–Kier alpha value is -3.56. The van der Waals surface area contributed by atoms with Crippen molar-refractivity contribution in [1.82, 2.24) is 9.62 Å². The van der Waals surface area contributed by atoms with Crippen molar-refractivity contribution in [1.29, 1.82) is 0 Å². The van der Waals surface area contributed by atoms with Gasteiger partial charge in [0.1, 0.15) is 11.9 Å². The topological polar surface area (TPSA) is 95.6 Å². The first-order valence-corrected chi connectivity index (χ1v) is 11.9. The second-order valence-electron chi connectivity index (χ2n) is 8.10. The van der Waals surface area contributed by atoms with E-state index in [2.05, 4.69) is 10.0 Å². The molecule has 3 aromatic carbocycles. The largest absolute Gasteiger partial charge is 0.325 e.